The number of aromatic nitrogens is 3. The lowest BCUT2D eigenvalue weighted by Crippen LogP contribution is -2.29. The van der Waals surface area contributed by atoms with Gasteiger partial charge in [0.05, 0.1) is 6.20 Å². The number of amides is 2. The van der Waals surface area contributed by atoms with Crippen molar-refractivity contribution in [3.8, 4) is 5.75 Å². The van der Waals surface area contributed by atoms with E-state index < -0.39 is 0 Å². The van der Waals surface area contributed by atoms with E-state index in [4.69, 9.17) is 4.74 Å². The predicted molar refractivity (Wildman–Crippen MR) is 77.1 cm³/mol. The van der Waals surface area contributed by atoms with Gasteiger partial charge in [-0.05, 0) is 24.1 Å². The molecule has 2 aromatic rings. The number of hydrogen-bond acceptors (Lipinski definition) is 4. The minimum atomic E-state index is -0.287. The maximum atomic E-state index is 11.8. The highest BCUT2D eigenvalue weighted by molar-refractivity contribution is 5.88. The molecule has 1 aromatic heterocycles. The van der Waals surface area contributed by atoms with Crippen molar-refractivity contribution < 1.29 is 9.53 Å². The maximum absolute atomic E-state index is 11.8. The van der Waals surface area contributed by atoms with E-state index in [-0.39, 0.29) is 12.1 Å². The van der Waals surface area contributed by atoms with Crippen LogP contribution < -0.4 is 15.4 Å². The number of aryl methyl sites for hydroxylation is 1. The molecule has 1 aliphatic heterocycles. The Balaban J connectivity index is 1.57. The molecule has 7 heteroatoms. The van der Waals surface area contributed by atoms with Gasteiger partial charge in [-0.25, -0.2) is 9.48 Å². The van der Waals surface area contributed by atoms with E-state index in [9.17, 15) is 4.79 Å². The SMILES string of the molecule is CC1Cc2cc(CNC(=O)Nc3cnnn3C)ccc2O1. The van der Waals surface area contributed by atoms with Crippen LogP contribution in [0.2, 0.25) is 0 Å². The van der Waals surface area contributed by atoms with Gasteiger partial charge in [-0.15, -0.1) is 5.10 Å². The van der Waals surface area contributed by atoms with Crippen LogP contribution in [0.25, 0.3) is 0 Å². The van der Waals surface area contributed by atoms with Crippen molar-refractivity contribution in [3.63, 3.8) is 0 Å². The van der Waals surface area contributed by atoms with Gasteiger partial charge in [0.2, 0.25) is 0 Å². The Morgan fingerprint density at radius 1 is 1.52 bits per heavy atom. The molecule has 21 heavy (non-hydrogen) atoms. The smallest absolute Gasteiger partial charge is 0.320 e. The highest BCUT2D eigenvalue weighted by atomic mass is 16.5. The summed E-state index contributed by atoms with van der Waals surface area (Å²) in [6, 6.07) is 5.71. The second-order valence-corrected chi connectivity index (χ2v) is 5.13. The molecular formula is C14H17N5O2. The maximum Gasteiger partial charge on any atom is 0.320 e. The van der Waals surface area contributed by atoms with Crippen molar-refractivity contribution in [1.82, 2.24) is 20.3 Å². The van der Waals surface area contributed by atoms with Gasteiger partial charge in [0.25, 0.3) is 0 Å². The minimum absolute atomic E-state index is 0.226. The van der Waals surface area contributed by atoms with Crippen LogP contribution in [-0.4, -0.2) is 27.1 Å². The number of ether oxygens (including phenoxy) is 1. The van der Waals surface area contributed by atoms with Crippen LogP contribution in [-0.2, 0) is 20.0 Å². The van der Waals surface area contributed by atoms with Crippen LogP contribution in [0.15, 0.2) is 24.4 Å². The first-order valence-corrected chi connectivity index (χ1v) is 6.80. The van der Waals surface area contributed by atoms with Crippen LogP contribution in [0.4, 0.5) is 10.6 Å². The van der Waals surface area contributed by atoms with E-state index in [1.807, 2.05) is 19.1 Å². The second-order valence-electron chi connectivity index (χ2n) is 5.13. The van der Waals surface area contributed by atoms with Crippen molar-refractivity contribution >= 4 is 11.8 Å². The number of benzene rings is 1. The van der Waals surface area contributed by atoms with Gasteiger partial charge < -0.3 is 10.1 Å². The monoisotopic (exact) mass is 287 g/mol. The molecule has 0 aliphatic carbocycles. The van der Waals surface area contributed by atoms with Crippen LogP contribution in [0.1, 0.15) is 18.1 Å². The Morgan fingerprint density at radius 2 is 2.38 bits per heavy atom. The zero-order valence-corrected chi connectivity index (χ0v) is 12.0. The molecule has 1 aliphatic rings. The van der Waals surface area contributed by atoms with Gasteiger partial charge in [-0.2, -0.15) is 0 Å². The van der Waals surface area contributed by atoms with Gasteiger partial charge in [0.1, 0.15) is 11.9 Å². The number of nitrogens with one attached hydrogen (secondary N) is 2. The number of carbonyl (C=O) groups excluding carboxylic acids is 1. The van der Waals surface area contributed by atoms with E-state index in [0.717, 1.165) is 17.7 Å². The van der Waals surface area contributed by atoms with Gasteiger partial charge in [0, 0.05) is 20.0 Å². The number of fused-ring (bicyclic) bond motifs is 1. The lowest BCUT2D eigenvalue weighted by atomic mass is 10.1. The van der Waals surface area contributed by atoms with Gasteiger partial charge in [-0.1, -0.05) is 17.3 Å². The molecule has 0 fully saturated rings. The summed E-state index contributed by atoms with van der Waals surface area (Å²) in [5.74, 6) is 1.49. The third kappa shape index (κ3) is 2.96. The van der Waals surface area contributed by atoms with Gasteiger partial charge in [-0.3, -0.25) is 5.32 Å². The molecule has 2 N–H and O–H groups in total. The zero-order chi connectivity index (χ0) is 14.8. The van der Waals surface area contributed by atoms with Crippen molar-refractivity contribution in [2.75, 3.05) is 5.32 Å². The largest absolute Gasteiger partial charge is 0.490 e. The van der Waals surface area contributed by atoms with Crippen LogP contribution in [0, 0.1) is 0 Å². The molecule has 0 radical (unpaired) electrons. The average Bonchev–Trinajstić information content (AvgIpc) is 3.01. The summed E-state index contributed by atoms with van der Waals surface area (Å²) in [7, 11) is 1.71. The first kappa shape index (κ1) is 13.4. The number of carbonyl (C=O) groups is 1. The highest BCUT2D eigenvalue weighted by Gasteiger charge is 2.18. The van der Waals surface area contributed by atoms with Crippen LogP contribution >= 0.6 is 0 Å². The molecule has 1 unspecified atom stereocenters. The first-order valence-electron chi connectivity index (χ1n) is 6.80. The molecule has 110 valence electrons. The molecular weight excluding hydrogens is 270 g/mol. The molecule has 0 saturated carbocycles. The van der Waals surface area contributed by atoms with E-state index in [2.05, 4.69) is 27.0 Å². The summed E-state index contributed by atoms with van der Waals surface area (Å²) in [5, 5.41) is 12.9. The molecule has 1 aromatic carbocycles. The van der Waals surface area contributed by atoms with Crippen LogP contribution in [0.3, 0.4) is 0 Å². The fraction of sp³-hybridized carbons (Fsp3) is 0.357. The lowest BCUT2D eigenvalue weighted by molar-refractivity contribution is 0.251. The van der Waals surface area contributed by atoms with E-state index in [1.54, 1.807) is 7.05 Å². The second kappa shape index (κ2) is 5.43. The number of nitrogens with zero attached hydrogens (tertiary/aromatic N) is 3. The fourth-order valence-corrected chi connectivity index (χ4v) is 2.33. The first-order chi connectivity index (χ1) is 10.1. The summed E-state index contributed by atoms with van der Waals surface area (Å²) in [6.07, 6.45) is 2.63. The van der Waals surface area contributed by atoms with Crippen molar-refractivity contribution in [2.24, 2.45) is 7.05 Å². The Labute approximate surface area is 122 Å². The molecule has 3 rings (SSSR count). The van der Waals surface area contributed by atoms with Crippen molar-refractivity contribution in [3.05, 3.63) is 35.5 Å². The molecule has 2 amide bonds. The zero-order valence-electron chi connectivity index (χ0n) is 12.0. The average molecular weight is 287 g/mol. The topological polar surface area (TPSA) is 81.1 Å². The molecule has 7 nitrogen and oxygen atoms in total. The normalized spacial score (nSPS) is 16.2. The molecule has 0 saturated heterocycles. The summed E-state index contributed by atoms with van der Waals surface area (Å²) < 4.78 is 7.15. The van der Waals surface area contributed by atoms with Crippen LogP contribution in [0.5, 0.6) is 5.75 Å². The summed E-state index contributed by atoms with van der Waals surface area (Å²) >= 11 is 0. The molecule has 2 heterocycles. The standard InChI is InChI=1S/C14H17N5O2/c1-9-5-11-6-10(3-4-12(11)21-9)7-15-14(20)17-13-8-16-18-19(13)2/h3-4,6,8-9H,5,7H2,1-2H3,(H2,15,17,20). The fourth-order valence-electron chi connectivity index (χ4n) is 2.33. The Morgan fingerprint density at radius 3 is 3.14 bits per heavy atom. The number of rotatable bonds is 3. The number of anilines is 1. The third-order valence-electron chi connectivity index (χ3n) is 3.37. The molecule has 0 bridgehead atoms. The summed E-state index contributed by atoms with van der Waals surface area (Å²) in [6.45, 7) is 2.51. The molecule has 0 spiro atoms. The van der Waals surface area contributed by atoms with Crippen molar-refractivity contribution in [1.29, 1.82) is 0 Å². The Hall–Kier alpha value is -2.57. The van der Waals surface area contributed by atoms with Gasteiger partial charge in [0.15, 0.2) is 5.82 Å². The molecule has 1 atom stereocenters. The Kier molecular flexibility index (Phi) is 3.47. The number of urea groups is 1. The van der Waals surface area contributed by atoms with E-state index >= 15 is 0 Å². The third-order valence-corrected chi connectivity index (χ3v) is 3.37. The number of hydrogen-bond donors (Lipinski definition) is 2. The minimum Gasteiger partial charge on any atom is -0.490 e. The summed E-state index contributed by atoms with van der Waals surface area (Å²) in [5.41, 5.74) is 2.24. The van der Waals surface area contributed by atoms with Gasteiger partial charge >= 0.3 is 6.03 Å². The van der Waals surface area contributed by atoms with E-state index in [0.29, 0.717) is 12.4 Å². The Bertz CT molecular complexity index is 667. The van der Waals surface area contributed by atoms with E-state index in [1.165, 1.54) is 16.4 Å². The summed E-state index contributed by atoms with van der Waals surface area (Å²) in [4.78, 5) is 11.8. The van der Waals surface area contributed by atoms with Crippen molar-refractivity contribution in [2.45, 2.75) is 26.0 Å². The predicted octanol–water partition coefficient (Wildman–Crippen LogP) is 1.46. The lowest BCUT2D eigenvalue weighted by Gasteiger charge is -2.08. The highest BCUT2D eigenvalue weighted by Crippen LogP contribution is 2.29. The quantitative estimate of drug-likeness (QED) is 0.895.